The van der Waals surface area contributed by atoms with Gasteiger partial charge in [0.25, 0.3) is 0 Å². The van der Waals surface area contributed by atoms with E-state index in [1.807, 2.05) is 27.7 Å². The lowest BCUT2D eigenvalue weighted by Gasteiger charge is -2.27. The molecule has 0 aliphatic carbocycles. The van der Waals surface area contributed by atoms with Gasteiger partial charge >= 0.3 is 11.9 Å². The van der Waals surface area contributed by atoms with Gasteiger partial charge in [0.1, 0.15) is 24.2 Å². The van der Waals surface area contributed by atoms with Crippen molar-refractivity contribution in [2.45, 2.75) is 103 Å². The summed E-state index contributed by atoms with van der Waals surface area (Å²) in [4.78, 5) is 82.3. The lowest BCUT2D eigenvalue weighted by atomic mass is 9.99. The van der Waals surface area contributed by atoms with Gasteiger partial charge in [0.2, 0.25) is 23.6 Å². The van der Waals surface area contributed by atoms with Crippen molar-refractivity contribution in [3.8, 4) is 0 Å². The summed E-state index contributed by atoms with van der Waals surface area (Å²) in [7, 11) is 0. The first-order chi connectivity index (χ1) is 20.3. The van der Waals surface area contributed by atoms with Crippen molar-refractivity contribution in [3.63, 3.8) is 0 Å². The SMILES string of the molecule is CC(C)C[C@H](NC(=O)[C@@H]1CCCN1)C(=O)N[C@@H](CC(C)C)C(=O)N[C@@H](Cc1cnc[nH]1)C(=O)N[C@@H](CCC(=O)O)C(=O)O. The fraction of sp³-hybridized carbons (Fsp3) is 0.679. The minimum atomic E-state index is -1.49. The van der Waals surface area contributed by atoms with Crippen LogP contribution in [0.25, 0.3) is 0 Å². The third-order valence-electron chi connectivity index (χ3n) is 6.93. The molecule has 1 aromatic heterocycles. The summed E-state index contributed by atoms with van der Waals surface area (Å²) in [6.45, 7) is 8.27. The number of carbonyl (C=O) groups is 6. The second-order valence-corrected chi connectivity index (χ2v) is 11.7. The van der Waals surface area contributed by atoms with Gasteiger partial charge in [-0.1, -0.05) is 27.7 Å². The summed E-state index contributed by atoms with van der Waals surface area (Å²) in [5.41, 5.74) is 0.475. The molecule has 0 aromatic carbocycles. The Morgan fingerprint density at radius 2 is 1.42 bits per heavy atom. The Morgan fingerprint density at radius 3 is 1.91 bits per heavy atom. The van der Waals surface area contributed by atoms with Gasteiger partial charge in [0.05, 0.1) is 12.4 Å². The first-order valence-corrected chi connectivity index (χ1v) is 14.6. The highest BCUT2D eigenvalue weighted by atomic mass is 16.4. The third kappa shape index (κ3) is 12.4. The van der Waals surface area contributed by atoms with E-state index in [1.54, 1.807) is 0 Å². The third-order valence-corrected chi connectivity index (χ3v) is 6.93. The van der Waals surface area contributed by atoms with Crippen LogP contribution in [0.4, 0.5) is 0 Å². The summed E-state index contributed by atoms with van der Waals surface area (Å²) < 4.78 is 0. The highest BCUT2D eigenvalue weighted by Gasteiger charge is 2.33. The Balaban J connectivity index is 2.22. The zero-order valence-corrected chi connectivity index (χ0v) is 25.1. The van der Waals surface area contributed by atoms with Crippen molar-refractivity contribution in [2.24, 2.45) is 11.8 Å². The van der Waals surface area contributed by atoms with Gasteiger partial charge in [-0.2, -0.15) is 0 Å². The highest BCUT2D eigenvalue weighted by molar-refractivity contribution is 5.95. The molecule has 4 amide bonds. The van der Waals surface area contributed by atoms with E-state index in [0.717, 1.165) is 13.0 Å². The smallest absolute Gasteiger partial charge is 0.326 e. The molecule has 1 fully saturated rings. The second-order valence-electron chi connectivity index (χ2n) is 11.7. The molecule has 0 spiro atoms. The lowest BCUT2D eigenvalue weighted by molar-refractivity contribution is -0.143. The van der Waals surface area contributed by atoms with Crippen molar-refractivity contribution in [3.05, 3.63) is 18.2 Å². The van der Waals surface area contributed by atoms with Crippen LogP contribution in [0.5, 0.6) is 0 Å². The van der Waals surface area contributed by atoms with Crippen molar-refractivity contribution in [2.75, 3.05) is 6.54 Å². The number of rotatable bonds is 18. The van der Waals surface area contributed by atoms with Crippen LogP contribution < -0.4 is 26.6 Å². The number of carboxylic acid groups (broad SMARTS) is 2. The molecule has 2 rings (SSSR count). The van der Waals surface area contributed by atoms with Gasteiger partial charge < -0.3 is 41.8 Å². The van der Waals surface area contributed by atoms with Gasteiger partial charge in [-0.05, 0) is 50.5 Å². The number of hydrogen-bond donors (Lipinski definition) is 8. The number of aliphatic carboxylic acids is 2. The zero-order valence-electron chi connectivity index (χ0n) is 25.1. The Kier molecular flexibility index (Phi) is 14.1. The van der Waals surface area contributed by atoms with E-state index in [0.29, 0.717) is 18.5 Å². The Bertz CT molecular complexity index is 1100. The number of H-pyrrole nitrogens is 1. The number of nitrogens with zero attached hydrogens (tertiary/aromatic N) is 1. The Labute approximate surface area is 250 Å². The zero-order chi connectivity index (χ0) is 32.1. The summed E-state index contributed by atoms with van der Waals surface area (Å²) >= 11 is 0. The number of carboxylic acids is 2. The number of aromatic nitrogens is 2. The maximum Gasteiger partial charge on any atom is 0.326 e. The second kappa shape index (κ2) is 17.2. The predicted octanol–water partition coefficient (Wildman–Crippen LogP) is -0.315. The maximum atomic E-state index is 13.5. The number of nitrogens with one attached hydrogen (secondary N) is 6. The molecule has 0 unspecified atom stereocenters. The molecule has 15 heteroatoms. The summed E-state index contributed by atoms with van der Waals surface area (Å²) in [6.07, 6.45) is 3.99. The van der Waals surface area contributed by atoms with Gasteiger partial charge in [-0.25, -0.2) is 9.78 Å². The van der Waals surface area contributed by atoms with E-state index in [9.17, 15) is 33.9 Å². The molecule has 2 heterocycles. The van der Waals surface area contributed by atoms with Crippen molar-refractivity contribution in [1.82, 2.24) is 36.6 Å². The number of amides is 4. The molecule has 15 nitrogen and oxygen atoms in total. The monoisotopic (exact) mass is 607 g/mol. The van der Waals surface area contributed by atoms with Crippen molar-refractivity contribution in [1.29, 1.82) is 0 Å². The normalized spacial score (nSPS) is 17.5. The van der Waals surface area contributed by atoms with E-state index >= 15 is 0 Å². The van der Waals surface area contributed by atoms with Crippen LogP contribution in [-0.2, 0) is 35.2 Å². The van der Waals surface area contributed by atoms with E-state index in [-0.39, 0.29) is 43.0 Å². The molecule has 8 N–H and O–H groups in total. The van der Waals surface area contributed by atoms with E-state index in [1.165, 1.54) is 12.5 Å². The topological polar surface area (TPSA) is 232 Å². The first kappa shape index (κ1) is 35.2. The van der Waals surface area contributed by atoms with Crippen molar-refractivity contribution < 1.29 is 39.0 Å². The van der Waals surface area contributed by atoms with Crippen LogP contribution in [0.3, 0.4) is 0 Å². The number of imidazole rings is 1. The van der Waals surface area contributed by atoms with Gasteiger partial charge in [-0.15, -0.1) is 0 Å². The van der Waals surface area contributed by atoms with E-state index in [4.69, 9.17) is 5.11 Å². The summed E-state index contributed by atoms with van der Waals surface area (Å²) in [5, 5.41) is 32.0. The molecular weight excluding hydrogens is 562 g/mol. The predicted molar refractivity (Wildman–Crippen MR) is 154 cm³/mol. The largest absolute Gasteiger partial charge is 0.481 e. The minimum absolute atomic E-state index is 0.0378. The molecule has 0 saturated carbocycles. The van der Waals surface area contributed by atoms with E-state index < -0.39 is 60.2 Å². The summed E-state index contributed by atoms with van der Waals surface area (Å²) in [5.74, 6) is -4.94. The fourth-order valence-electron chi connectivity index (χ4n) is 4.75. The van der Waals surface area contributed by atoms with Crippen LogP contribution in [0.2, 0.25) is 0 Å². The van der Waals surface area contributed by atoms with Crippen molar-refractivity contribution >= 4 is 35.6 Å². The fourth-order valence-corrected chi connectivity index (χ4v) is 4.75. The van der Waals surface area contributed by atoms with Crippen LogP contribution in [-0.4, -0.2) is 92.5 Å². The first-order valence-electron chi connectivity index (χ1n) is 14.6. The molecular formula is C28H45N7O8. The average molecular weight is 608 g/mol. The van der Waals surface area contributed by atoms with Crippen LogP contribution in [0.15, 0.2) is 12.5 Å². The molecule has 1 saturated heterocycles. The Hall–Kier alpha value is -4.01. The average Bonchev–Trinajstić information content (AvgIpc) is 3.63. The number of hydrogen-bond acceptors (Lipinski definition) is 8. The van der Waals surface area contributed by atoms with E-state index in [2.05, 4.69) is 36.6 Å². The number of carbonyl (C=O) groups excluding carboxylic acids is 4. The maximum absolute atomic E-state index is 13.5. The molecule has 1 aliphatic heterocycles. The standard InChI is InChI=1S/C28H45N7O8/c1-15(2)10-20(33-24(38)18-6-5-9-30-18)25(39)34-21(11-16(3)4)26(40)35-22(12-17-13-29-14-31-17)27(41)32-19(28(42)43)7-8-23(36)37/h13-16,18-22,30H,5-12H2,1-4H3,(H,29,31)(H,32,41)(H,33,38)(H,34,39)(H,35,40)(H,36,37)(H,42,43)/t18-,19-,20-,21-,22-/m0/s1. The molecule has 1 aliphatic rings. The molecule has 1 aromatic rings. The molecule has 240 valence electrons. The number of aromatic amines is 1. The quantitative estimate of drug-likeness (QED) is 0.108. The molecule has 0 bridgehead atoms. The Morgan fingerprint density at radius 1 is 0.860 bits per heavy atom. The minimum Gasteiger partial charge on any atom is -0.481 e. The van der Waals surface area contributed by atoms with Gasteiger partial charge in [0.15, 0.2) is 0 Å². The van der Waals surface area contributed by atoms with Crippen LogP contribution >= 0.6 is 0 Å². The van der Waals surface area contributed by atoms with Gasteiger partial charge in [0, 0.05) is 24.7 Å². The highest BCUT2D eigenvalue weighted by Crippen LogP contribution is 2.12. The molecule has 5 atom stereocenters. The lowest BCUT2D eigenvalue weighted by Crippen LogP contribution is -2.59. The van der Waals surface area contributed by atoms with Crippen LogP contribution in [0, 0.1) is 11.8 Å². The summed E-state index contributed by atoms with van der Waals surface area (Å²) in [6, 6.07) is -5.10. The van der Waals surface area contributed by atoms with Gasteiger partial charge in [-0.3, -0.25) is 24.0 Å². The molecule has 43 heavy (non-hydrogen) atoms. The van der Waals surface area contributed by atoms with Crippen LogP contribution in [0.1, 0.15) is 71.9 Å². The molecule has 0 radical (unpaired) electrons.